The first kappa shape index (κ1) is 26.2. The molecule has 37 heavy (non-hydrogen) atoms. The molecule has 3 aromatic carbocycles. The molecule has 0 aliphatic carbocycles. The van der Waals surface area contributed by atoms with E-state index in [2.05, 4.69) is 4.99 Å². The molecule has 3 aromatic rings. The molecule has 1 N–H and O–H groups in total. The minimum absolute atomic E-state index is 0.0285. The standard InChI is InChI=1S/C27H22ClFN2O5S/c1-3-35-22-13-16(12-20(28)24(22)36-15-18-6-4-5-7-21(18)29)14-23-25(32)31(2)27(37-23)30-19-10-8-17(9-11-19)26(33)34/h4-14H,3,15H2,1-2H3,(H,33,34). The average Bonchev–Trinajstić information content (AvgIpc) is 3.12. The summed E-state index contributed by atoms with van der Waals surface area (Å²) in [5, 5.41) is 9.75. The molecule has 7 nitrogen and oxygen atoms in total. The Balaban J connectivity index is 1.58. The molecule has 10 heteroatoms. The molecule has 0 spiro atoms. The highest BCUT2D eigenvalue weighted by Crippen LogP contribution is 2.40. The van der Waals surface area contributed by atoms with Gasteiger partial charge in [-0.1, -0.05) is 29.8 Å². The highest BCUT2D eigenvalue weighted by atomic mass is 35.5. The van der Waals surface area contributed by atoms with Gasteiger partial charge < -0.3 is 14.6 Å². The summed E-state index contributed by atoms with van der Waals surface area (Å²) in [6.45, 7) is 2.14. The monoisotopic (exact) mass is 540 g/mol. The molecule has 4 rings (SSSR count). The lowest BCUT2D eigenvalue weighted by atomic mass is 10.1. The number of rotatable bonds is 8. The molecule has 0 saturated carbocycles. The number of amides is 1. The van der Waals surface area contributed by atoms with E-state index < -0.39 is 5.97 Å². The van der Waals surface area contributed by atoms with Crippen molar-refractivity contribution in [3.8, 4) is 11.5 Å². The summed E-state index contributed by atoms with van der Waals surface area (Å²) >= 11 is 7.68. The van der Waals surface area contributed by atoms with Gasteiger partial charge in [-0.2, -0.15) is 0 Å². The van der Waals surface area contributed by atoms with Crippen molar-refractivity contribution in [1.82, 2.24) is 4.90 Å². The summed E-state index contributed by atoms with van der Waals surface area (Å²) < 4.78 is 25.5. The number of hydrogen-bond donors (Lipinski definition) is 1. The van der Waals surface area contributed by atoms with Crippen LogP contribution in [0.3, 0.4) is 0 Å². The number of hydrogen-bond acceptors (Lipinski definition) is 6. The zero-order chi connectivity index (χ0) is 26.5. The molecule has 0 radical (unpaired) electrons. The van der Waals surface area contributed by atoms with Gasteiger partial charge in [-0.15, -0.1) is 0 Å². The van der Waals surface area contributed by atoms with Gasteiger partial charge in [0, 0.05) is 12.6 Å². The van der Waals surface area contributed by atoms with Crippen molar-refractivity contribution in [2.45, 2.75) is 13.5 Å². The van der Waals surface area contributed by atoms with Crippen LogP contribution >= 0.6 is 23.4 Å². The Bertz CT molecular complexity index is 1410. The zero-order valence-electron chi connectivity index (χ0n) is 19.9. The third kappa shape index (κ3) is 6.12. The van der Waals surface area contributed by atoms with Crippen molar-refractivity contribution in [3.05, 3.63) is 93.1 Å². The van der Waals surface area contributed by atoms with Crippen LogP contribution in [0.25, 0.3) is 6.08 Å². The third-order valence-corrected chi connectivity index (χ3v) is 6.64. The van der Waals surface area contributed by atoms with Crippen LogP contribution in [0, 0.1) is 5.82 Å². The molecule has 1 amide bonds. The molecule has 1 fully saturated rings. The number of carboxylic acids is 1. The summed E-state index contributed by atoms with van der Waals surface area (Å²) in [5.41, 5.74) is 1.67. The van der Waals surface area contributed by atoms with Gasteiger partial charge in [-0.3, -0.25) is 9.69 Å². The predicted octanol–water partition coefficient (Wildman–Crippen LogP) is 6.39. The maximum Gasteiger partial charge on any atom is 0.335 e. The molecule has 1 heterocycles. The van der Waals surface area contributed by atoms with Crippen LogP contribution in [0.4, 0.5) is 10.1 Å². The van der Waals surface area contributed by atoms with E-state index in [9.17, 15) is 14.0 Å². The second-order valence-electron chi connectivity index (χ2n) is 7.86. The number of carbonyl (C=O) groups is 2. The molecule has 0 atom stereocenters. The Labute approximate surface area is 222 Å². The molecular weight excluding hydrogens is 519 g/mol. The molecule has 0 bridgehead atoms. The number of benzene rings is 3. The van der Waals surface area contributed by atoms with Crippen LogP contribution in [-0.2, 0) is 11.4 Å². The Morgan fingerprint density at radius 3 is 2.57 bits per heavy atom. The van der Waals surface area contributed by atoms with Gasteiger partial charge in [0.05, 0.1) is 27.8 Å². The number of likely N-dealkylation sites (N-methyl/N-ethyl adjacent to an activating group) is 1. The number of carboxylic acid groups (broad SMARTS) is 1. The molecular formula is C27H22ClFN2O5S. The average molecular weight is 541 g/mol. The Morgan fingerprint density at radius 2 is 1.89 bits per heavy atom. The largest absolute Gasteiger partial charge is 0.490 e. The van der Waals surface area contributed by atoms with Gasteiger partial charge in [0.1, 0.15) is 12.4 Å². The zero-order valence-corrected chi connectivity index (χ0v) is 21.5. The van der Waals surface area contributed by atoms with E-state index in [1.165, 1.54) is 34.9 Å². The van der Waals surface area contributed by atoms with Crippen LogP contribution < -0.4 is 9.47 Å². The number of carbonyl (C=O) groups excluding carboxylic acids is 1. The van der Waals surface area contributed by atoms with Crippen LogP contribution in [0.1, 0.15) is 28.4 Å². The number of aromatic carboxylic acids is 1. The highest BCUT2D eigenvalue weighted by Gasteiger charge is 2.30. The first-order valence-corrected chi connectivity index (χ1v) is 12.4. The first-order chi connectivity index (χ1) is 17.8. The lowest BCUT2D eigenvalue weighted by molar-refractivity contribution is -0.121. The van der Waals surface area contributed by atoms with E-state index in [-0.39, 0.29) is 34.7 Å². The summed E-state index contributed by atoms with van der Waals surface area (Å²) in [6.07, 6.45) is 1.68. The predicted molar refractivity (Wildman–Crippen MR) is 142 cm³/mol. The lowest BCUT2D eigenvalue weighted by Gasteiger charge is -2.15. The van der Waals surface area contributed by atoms with Crippen molar-refractivity contribution in [2.24, 2.45) is 4.99 Å². The van der Waals surface area contributed by atoms with Crippen LogP contribution in [0.15, 0.2) is 70.6 Å². The van der Waals surface area contributed by atoms with E-state index in [1.807, 2.05) is 6.92 Å². The fourth-order valence-corrected chi connectivity index (χ4v) is 4.69. The van der Waals surface area contributed by atoms with Gasteiger partial charge in [0.25, 0.3) is 5.91 Å². The topological polar surface area (TPSA) is 88.4 Å². The fraction of sp³-hybridized carbons (Fsp3) is 0.148. The summed E-state index contributed by atoms with van der Waals surface area (Å²) in [6, 6.07) is 15.7. The fourth-order valence-electron chi connectivity index (χ4n) is 3.43. The summed E-state index contributed by atoms with van der Waals surface area (Å²) in [7, 11) is 1.61. The van der Waals surface area contributed by atoms with E-state index >= 15 is 0 Å². The third-order valence-electron chi connectivity index (χ3n) is 5.30. The highest BCUT2D eigenvalue weighted by molar-refractivity contribution is 8.18. The van der Waals surface area contributed by atoms with Gasteiger partial charge >= 0.3 is 5.97 Å². The van der Waals surface area contributed by atoms with E-state index in [1.54, 1.807) is 55.6 Å². The first-order valence-electron chi connectivity index (χ1n) is 11.2. The smallest absolute Gasteiger partial charge is 0.335 e. The van der Waals surface area contributed by atoms with Crippen LogP contribution in [0.2, 0.25) is 5.02 Å². The van der Waals surface area contributed by atoms with Crippen molar-refractivity contribution >= 4 is 52.2 Å². The van der Waals surface area contributed by atoms with Gasteiger partial charge in [-0.25, -0.2) is 14.2 Å². The maximum atomic E-state index is 14.0. The number of aliphatic imine (C=N–C) groups is 1. The Hall–Kier alpha value is -3.82. The number of amidine groups is 1. The normalized spacial score (nSPS) is 15.5. The van der Waals surface area contributed by atoms with Gasteiger partial charge in [-0.05, 0) is 72.8 Å². The second-order valence-corrected chi connectivity index (χ2v) is 9.28. The van der Waals surface area contributed by atoms with Crippen molar-refractivity contribution in [1.29, 1.82) is 0 Å². The lowest BCUT2D eigenvalue weighted by Crippen LogP contribution is -2.23. The minimum Gasteiger partial charge on any atom is -0.490 e. The molecule has 1 aliphatic rings. The van der Waals surface area contributed by atoms with Crippen molar-refractivity contribution in [3.63, 3.8) is 0 Å². The van der Waals surface area contributed by atoms with E-state index in [0.717, 1.165) is 0 Å². The molecule has 1 aliphatic heterocycles. The van der Waals surface area contributed by atoms with E-state index in [4.69, 9.17) is 26.2 Å². The number of nitrogens with zero attached hydrogens (tertiary/aromatic N) is 2. The number of ether oxygens (including phenoxy) is 2. The van der Waals surface area contributed by atoms with Gasteiger partial charge in [0.15, 0.2) is 16.7 Å². The molecule has 0 unspecified atom stereocenters. The summed E-state index contributed by atoms with van der Waals surface area (Å²) in [4.78, 5) is 30.2. The van der Waals surface area contributed by atoms with Crippen molar-refractivity contribution < 1.29 is 28.6 Å². The summed E-state index contributed by atoms with van der Waals surface area (Å²) in [5.74, 6) is -1.01. The van der Waals surface area contributed by atoms with Crippen LogP contribution in [-0.4, -0.2) is 40.7 Å². The quantitative estimate of drug-likeness (QED) is 0.333. The number of thioether (sulfide) groups is 1. The van der Waals surface area contributed by atoms with Crippen LogP contribution in [0.5, 0.6) is 11.5 Å². The van der Waals surface area contributed by atoms with Gasteiger partial charge in [0.2, 0.25) is 0 Å². The second kappa shape index (κ2) is 11.5. The van der Waals surface area contributed by atoms with E-state index in [0.29, 0.717) is 39.2 Å². The number of halogens is 2. The minimum atomic E-state index is -1.03. The Morgan fingerprint density at radius 1 is 1.16 bits per heavy atom. The molecule has 190 valence electrons. The Kier molecular flexibility index (Phi) is 8.15. The molecule has 1 saturated heterocycles. The molecule has 0 aromatic heterocycles. The maximum absolute atomic E-state index is 14.0. The SMILES string of the molecule is CCOc1cc(C=C2SC(=Nc3ccc(C(=O)O)cc3)N(C)C2=O)cc(Cl)c1OCc1ccccc1F. The van der Waals surface area contributed by atoms with Crippen molar-refractivity contribution in [2.75, 3.05) is 13.7 Å².